The maximum Gasteiger partial charge on any atom is 0.272 e. The minimum atomic E-state index is -0.549. The minimum absolute atomic E-state index is 0.0219. The fourth-order valence-corrected chi connectivity index (χ4v) is 3.61. The first-order valence-corrected chi connectivity index (χ1v) is 8.48. The number of benzene rings is 2. The van der Waals surface area contributed by atoms with Crippen LogP contribution in [0.1, 0.15) is 27.5 Å². The molecule has 0 aliphatic carbocycles. The lowest BCUT2D eigenvalue weighted by Gasteiger charge is -2.34. The molecule has 1 atom stereocenters. The van der Waals surface area contributed by atoms with Crippen molar-refractivity contribution in [2.24, 2.45) is 0 Å². The summed E-state index contributed by atoms with van der Waals surface area (Å²) < 4.78 is 1.65. The van der Waals surface area contributed by atoms with Gasteiger partial charge in [-0.05, 0) is 11.1 Å². The van der Waals surface area contributed by atoms with Crippen LogP contribution in [-0.4, -0.2) is 21.6 Å². The quantitative estimate of drug-likeness (QED) is 0.765. The molecule has 1 aliphatic heterocycles. The molecule has 0 unspecified atom stereocenters. The number of amides is 1. The Bertz CT molecular complexity index is 957. The number of carbonyl (C=O) groups excluding carboxylic acids is 1. The van der Waals surface area contributed by atoms with Crippen molar-refractivity contribution in [2.75, 3.05) is 0 Å². The summed E-state index contributed by atoms with van der Waals surface area (Å²) in [6.45, 7) is 0.462. The summed E-state index contributed by atoms with van der Waals surface area (Å²) in [7, 11) is 0. The van der Waals surface area contributed by atoms with E-state index in [1.54, 1.807) is 10.8 Å². The van der Waals surface area contributed by atoms with Crippen molar-refractivity contribution in [1.82, 2.24) is 9.88 Å². The molecular weight excluding hydrogens is 328 g/mol. The molecule has 1 aliphatic rings. The molecule has 3 aromatic rings. The van der Waals surface area contributed by atoms with Gasteiger partial charge in [0.25, 0.3) is 5.91 Å². The van der Waals surface area contributed by atoms with Gasteiger partial charge in [0.05, 0.1) is 6.04 Å². The summed E-state index contributed by atoms with van der Waals surface area (Å²) in [5.74, 6) is -0.983. The van der Waals surface area contributed by atoms with Crippen LogP contribution in [0.5, 0.6) is 5.75 Å². The molecule has 0 saturated heterocycles. The highest BCUT2D eigenvalue weighted by molar-refractivity contribution is 5.96. The highest BCUT2D eigenvalue weighted by atomic mass is 16.3. The van der Waals surface area contributed by atoms with Crippen LogP contribution in [0.2, 0.25) is 0 Å². The molecular formula is C21H18N2O3. The fourth-order valence-electron chi connectivity index (χ4n) is 3.61. The Balaban J connectivity index is 1.79. The van der Waals surface area contributed by atoms with Crippen LogP contribution in [-0.2, 0) is 6.54 Å². The molecule has 1 amide bonds. The molecule has 4 rings (SSSR count). The number of nitrogens with zero attached hydrogens (tertiary/aromatic N) is 1. The maximum absolute atomic E-state index is 12.6. The highest BCUT2D eigenvalue weighted by Gasteiger charge is 2.33. The van der Waals surface area contributed by atoms with E-state index in [2.05, 4.69) is 5.32 Å². The first-order valence-electron chi connectivity index (χ1n) is 8.48. The summed E-state index contributed by atoms with van der Waals surface area (Å²) in [5.41, 5.74) is 1.66. The maximum atomic E-state index is 12.6. The SMILES string of the molecule is O=C1N[C@H](C(c2ccccc2)c2ccccc2)Cn2ccc(=O)c(O)c21. The molecule has 0 saturated carbocycles. The van der Waals surface area contributed by atoms with Gasteiger partial charge in [0.1, 0.15) is 0 Å². The van der Waals surface area contributed by atoms with E-state index in [0.29, 0.717) is 6.54 Å². The first-order chi connectivity index (χ1) is 12.6. The van der Waals surface area contributed by atoms with E-state index < -0.39 is 17.1 Å². The lowest BCUT2D eigenvalue weighted by molar-refractivity contribution is 0.0889. The van der Waals surface area contributed by atoms with Gasteiger partial charge in [-0.15, -0.1) is 0 Å². The van der Waals surface area contributed by atoms with Crippen LogP contribution < -0.4 is 10.7 Å². The summed E-state index contributed by atoms with van der Waals surface area (Å²) in [4.78, 5) is 24.3. The molecule has 0 spiro atoms. The zero-order valence-electron chi connectivity index (χ0n) is 14.0. The Morgan fingerprint density at radius 3 is 2.08 bits per heavy atom. The van der Waals surface area contributed by atoms with E-state index in [1.807, 2.05) is 60.7 Å². The van der Waals surface area contributed by atoms with Crippen LogP contribution in [0, 0.1) is 0 Å². The first kappa shape index (κ1) is 16.1. The zero-order valence-corrected chi connectivity index (χ0v) is 14.0. The van der Waals surface area contributed by atoms with Gasteiger partial charge in [0.15, 0.2) is 11.4 Å². The highest BCUT2D eigenvalue weighted by Crippen LogP contribution is 2.31. The Hall–Kier alpha value is -3.34. The number of hydrogen-bond acceptors (Lipinski definition) is 3. The number of aromatic nitrogens is 1. The van der Waals surface area contributed by atoms with Crippen molar-refractivity contribution in [1.29, 1.82) is 0 Å². The van der Waals surface area contributed by atoms with E-state index in [1.165, 1.54) is 6.07 Å². The number of carbonyl (C=O) groups is 1. The monoisotopic (exact) mass is 346 g/mol. The molecule has 5 heteroatoms. The number of rotatable bonds is 3. The molecule has 130 valence electrons. The van der Waals surface area contributed by atoms with Crippen molar-refractivity contribution in [3.05, 3.63) is 100.0 Å². The molecule has 0 bridgehead atoms. The molecule has 2 heterocycles. The second-order valence-electron chi connectivity index (χ2n) is 6.41. The van der Waals surface area contributed by atoms with Gasteiger partial charge in [-0.1, -0.05) is 60.7 Å². The second kappa shape index (κ2) is 6.52. The average Bonchev–Trinajstić information content (AvgIpc) is 2.66. The van der Waals surface area contributed by atoms with Crippen molar-refractivity contribution >= 4 is 5.91 Å². The Morgan fingerprint density at radius 2 is 1.50 bits per heavy atom. The van der Waals surface area contributed by atoms with Crippen molar-refractivity contribution in [3.8, 4) is 5.75 Å². The third-order valence-corrected chi connectivity index (χ3v) is 4.80. The van der Waals surface area contributed by atoms with Crippen molar-refractivity contribution < 1.29 is 9.90 Å². The molecule has 5 nitrogen and oxygen atoms in total. The number of aromatic hydroxyl groups is 1. The van der Waals surface area contributed by atoms with Crippen LogP contribution >= 0.6 is 0 Å². The molecule has 2 N–H and O–H groups in total. The largest absolute Gasteiger partial charge is 0.503 e. The lowest BCUT2D eigenvalue weighted by Crippen LogP contribution is -2.48. The Kier molecular flexibility index (Phi) is 4.05. The van der Waals surface area contributed by atoms with Crippen molar-refractivity contribution in [2.45, 2.75) is 18.5 Å². The normalized spacial score (nSPS) is 16.2. The average molecular weight is 346 g/mol. The van der Waals surface area contributed by atoms with Gasteiger partial charge >= 0.3 is 0 Å². The number of pyridine rings is 1. The minimum Gasteiger partial charge on any atom is -0.503 e. The molecule has 26 heavy (non-hydrogen) atoms. The van der Waals surface area contributed by atoms with Crippen molar-refractivity contribution in [3.63, 3.8) is 0 Å². The molecule has 0 radical (unpaired) electrons. The molecule has 1 aromatic heterocycles. The second-order valence-corrected chi connectivity index (χ2v) is 6.41. The predicted octanol–water partition coefficient (Wildman–Crippen LogP) is 2.50. The van der Waals surface area contributed by atoms with Crippen LogP contribution in [0.3, 0.4) is 0 Å². The summed E-state index contributed by atoms with van der Waals surface area (Å²) in [5, 5.41) is 13.0. The topological polar surface area (TPSA) is 71.3 Å². The van der Waals surface area contributed by atoms with Crippen LogP contribution in [0.25, 0.3) is 0 Å². The Labute approximate surface area is 150 Å². The zero-order chi connectivity index (χ0) is 18.1. The van der Waals surface area contributed by atoms with Gasteiger partial charge in [-0.3, -0.25) is 9.59 Å². The molecule has 0 fully saturated rings. The van der Waals surface area contributed by atoms with E-state index in [-0.39, 0.29) is 17.7 Å². The standard InChI is InChI=1S/C21H18N2O3/c24-17-11-12-23-13-16(22-21(26)19(23)20(17)25)18(14-7-3-1-4-8-14)15-9-5-2-6-10-15/h1-12,16,18,25H,13H2,(H,22,26)/t16-/m0/s1. The number of fused-ring (bicyclic) bond motifs is 1. The van der Waals surface area contributed by atoms with E-state index in [9.17, 15) is 14.7 Å². The van der Waals surface area contributed by atoms with Crippen LogP contribution in [0.4, 0.5) is 0 Å². The van der Waals surface area contributed by atoms with Gasteiger partial charge in [-0.2, -0.15) is 0 Å². The number of nitrogens with one attached hydrogen (secondary N) is 1. The van der Waals surface area contributed by atoms with Gasteiger partial charge in [-0.25, -0.2) is 0 Å². The lowest BCUT2D eigenvalue weighted by atomic mass is 9.84. The Morgan fingerprint density at radius 1 is 0.923 bits per heavy atom. The van der Waals surface area contributed by atoms with Gasteiger partial charge < -0.3 is 15.0 Å². The van der Waals surface area contributed by atoms with E-state index >= 15 is 0 Å². The summed E-state index contributed by atoms with van der Waals surface area (Å²) in [6.07, 6.45) is 1.57. The summed E-state index contributed by atoms with van der Waals surface area (Å²) >= 11 is 0. The van der Waals surface area contributed by atoms with Crippen LogP contribution in [0.15, 0.2) is 77.7 Å². The third kappa shape index (κ3) is 2.77. The van der Waals surface area contributed by atoms with Gasteiger partial charge in [0, 0.05) is 24.7 Å². The molecule has 2 aromatic carbocycles. The number of hydrogen-bond donors (Lipinski definition) is 2. The summed E-state index contributed by atoms with van der Waals surface area (Å²) in [6, 6.07) is 21.1. The fraction of sp³-hybridized carbons (Fsp3) is 0.143. The van der Waals surface area contributed by atoms with Gasteiger partial charge in [0.2, 0.25) is 5.43 Å². The predicted molar refractivity (Wildman–Crippen MR) is 98.3 cm³/mol. The van der Waals surface area contributed by atoms with E-state index in [0.717, 1.165) is 11.1 Å². The smallest absolute Gasteiger partial charge is 0.272 e. The van der Waals surface area contributed by atoms with E-state index in [4.69, 9.17) is 0 Å². The third-order valence-electron chi connectivity index (χ3n) is 4.80.